The third-order valence-electron chi connectivity index (χ3n) is 4.88. The molecule has 2 N–H and O–H groups in total. The van der Waals surface area contributed by atoms with Gasteiger partial charge in [-0.25, -0.2) is 0 Å². The lowest BCUT2D eigenvalue weighted by Crippen LogP contribution is -2.21. The Morgan fingerprint density at radius 1 is 0.800 bits per heavy atom. The van der Waals surface area contributed by atoms with Crippen LogP contribution >= 0.6 is 0 Å². The first-order valence-corrected chi connectivity index (χ1v) is 10.5. The molecule has 0 aliphatic carbocycles. The molecule has 3 heteroatoms. The lowest BCUT2D eigenvalue weighted by atomic mass is 10.1. The molecule has 0 atom stereocenters. The van der Waals surface area contributed by atoms with Gasteiger partial charge in [-0.15, -0.1) is 0 Å². The molecule has 0 spiro atoms. The number of rotatable bonds is 15. The molecule has 0 aliphatic rings. The van der Waals surface area contributed by atoms with Crippen molar-refractivity contribution < 1.29 is 4.74 Å². The van der Waals surface area contributed by atoms with E-state index in [1.165, 1.54) is 63.5 Å². The summed E-state index contributed by atoms with van der Waals surface area (Å²) in [5, 5.41) is 0. The second-order valence-corrected chi connectivity index (χ2v) is 6.92. The van der Waals surface area contributed by atoms with E-state index in [1.807, 2.05) is 6.07 Å². The average Bonchev–Trinajstić information content (AvgIpc) is 2.63. The fourth-order valence-corrected chi connectivity index (χ4v) is 3.21. The summed E-state index contributed by atoms with van der Waals surface area (Å²) in [7, 11) is 0. The van der Waals surface area contributed by atoms with Crippen molar-refractivity contribution in [3.8, 4) is 5.75 Å². The Morgan fingerprint density at radius 3 is 1.92 bits per heavy atom. The van der Waals surface area contributed by atoms with E-state index >= 15 is 0 Å². The number of hydrogen-bond acceptors (Lipinski definition) is 3. The molecule has 0 unspecified atom stereocenters. The van der Waals surface area contributed by atoms with Gasteiger partial charge in [0.1, 0.15) is 5.75 Å². The van der Waals surface area contributed by atoms with Gasteiger partial charge in [0.15, 0.2) is 0 Å². The zero-order chi connectivity index (χ0) is 18.3. The van der Waals surface area contributed by atoms with Crippen molar-refractivity contribution in [2.45, 2.75) is 85.0 Å². The van der Waals surface area contributed by atoms with Gasteiger partial charge in [-0.1, -0.05) is 64.7 Å². The van der Waals surface area contributed by atoms with Gasteiger partial charge in [-0.2, -0.15) is 0 Å². The van der Waals surface area contributed by atoms with E-state index in [0.717, 1.165) is 37.6 Å². The standard InChI is InChI=1S/C22H40N2O/c1-4-7-8-9-10-11-12-13-14-15-18-25-22-19-20(16-17-21(22)23)24(5-2)6-3/h16-17,19H,4-15,18,23H2,1-3H3. The smallest absolute Gasteiger partial charge is 0.144 e. The Morgan fingerprint density at radius 2 is 1.36 bits per heavy atom. The molecule has 0 saturated heterocycles. The average molecular weight is 349 g/mol. The first-order chi connectivity index (χ1) is 12.2. The maximum Gasteiger partial charge on any atom is 0.144 e. The number of nitrogen functional groups attached to an aromatic ring is 1. The van der Waals surface area contributed by atoms with E-state index in [2.05, 4.69) is 37.8 Å². The summed E-state index contributed by atoms with van der Waals surface area (Å²) >= 11 is 0. The van der Waals surface area contributed by atoms with Crippen molar-refractivity contribution in [2.24, 2.45) is 0 Å². The van der Waals surface area contributed by atoms with E-state index in [0.29, 0.717) is 0 Å². The maximum absolute atomic E-state index is 6.06. The Bertz CT molecular complexity index is 444. The van der Waals surface area contributed by atoms with Crippen LogP contribution in [0, 0.1) is 0 Å². The second-order valence-electron chi connectivity index (χ2n) is 6.92. The van der Waals surface area contributed by atoms with Crippen LogP contribution in [0.2, 0.25) is 0 Å². The molecule has 1 rings (SSSR count). The first-order valence-electron chi connectivity index (χ1n) is 10.5. The number of anilines is 2. The zero-order valence-corrected chi connectivity index (χ0v) is 16.9. The molecule has 0 radical (unpaired) electrons. The topological polar surface area (TPSA) is 38.5 Å². The van der Waals surface area contributed by atoms with Gasteiger partial charge >= 0.3 is 0 Å². The van der Waals surface area contributed by atoms with E-state index in [4.69, 9.17) is 10.5 Å². The maximum atomic E-state index is 6.06. The highest BCUT2D eigenvalue weighted by atomic mass is 16.5. The van der Waals surface area contributed by atoms with Crippen molar-refractivity contribution in [2.75, 3.05) is 30.3 Å². The number of ether oxygens (including phenoxy) is 1. The predicted molar refractivity (Wildman–Crippen MR) is 112 cm³/mol. The molecule has 3 nitrogen and oxygen atoms in total. The van der Waals surface area contributed by atoms with Crippen molar-refractivity contribution in [1.82, 2.24) is 0 Å². The number of hydrogen-bond donors (Lipinski definition) is 1. The molecule has 25 heavy (non-hydrogen) atoms. The normalized spacial score (nSPS) is 10.8. The fraction of sp³-hybridized carbons (Fsp3) is 0.727. The van der Waals surface area contributed by atoms with Crippen LogP contribution in [0.15, 0.2) is 18.2 Å². The molecule has 0 fully saturated rings. The van der Waals surface area contributed by atoms with Crippen LogP contribution < -0.4 is 15.4 Å². The van der Waals surface area contributed by atoms with Gasteiger partial charge in [-0.05, 0) is 32.4 Å². The first kappa shape index (κ1) is 21.7. The molecule has 0 aliphatic heterocycles. The van der Waals surface area contributed by atoms with Crippen LogP contribution in [0.4, 0.5) is 11.4 Å². The van der Waals surface area contributed by atoms with E-state index < -0.39 is 0 Å². The quantitative estimate of drug-likeness (QED) is 0.294. The minimum atomic E-state index is 0.739. The Labute approximate surface area is 155 Å². The predicted octanol–water partition coefficient (Wildman–Crippen LogP) is 6.41. The van der Waals surface area contributed by atoms with Gasteiger partial charge in [0.25, 0.3) is 0 Å². The number of benzene rings is 1. The minimum absolute atomic E-state index is 0.739. The van der Waals surface area contributed by atoms with Crippen molar-refractivity contribution in [1.29, 1.82) is 0 Å². The van der Waals surface area contributed by atoms with Crippen LogP contribution in [0.3, 0.4) is 0 Å². The largest absolute Gasteiger partial charge is 0.491 e. The third kappa shape index (κ3) is 9.04. The Kier molecular flexibility index (Phi) is 12.0. The number of nitrogens with zero attached hydrogens (tertiary/aromatic N) is 1. The molecule has 0 aromatic heterocycles. The molecule has 0 amide bonds. The van der Waals surface area contributed by atoms with Crippen LogP contribution in [0.25, 0.3) is 0 Å². The number of nitrogens with two attached hydrogens (primary N) is 1. The van der Waals surface area contributed by atoms with Gasteiger partial charge in [0.2, 0.25) is 0 Å². The van der Waals surface area contributed by atoms with Crippen LogP contribution in [-0.2, 0) is 0 Å². The molecule has 1 aromatic carbocycles. The lowest BCUT2D eigenvalue weighted by molar-refractivity contribution is 0.306. The van der Waals surface area contributed by atoms with Crippen LogP contribution in [0.1, 0.15) is 85.0 Å². The highest BCUT2D eigenvalue weighted by molar-refractivity contribution is 5.62. The highest BCUT2D eigenvalue weighted by Crippen LogP contribution is 2.28. The zero-order valence-electron chi connectivity index (χ0n) is 16.9. The summed E-state index contributed by atoms with van der Waals surface area (Å²) in [6, 6.07) is 6.12. The van der Waals surface area contributed by atoms with Gasteiger partial charge < -0.3 is 15.4 Å². The summed E-state index contributed by atoms with van der Waals surface area (Å²) in [4.78, 5) is 2.31. The summed E-state index contributed by atoms with van der Waals surface area (Å²) in [5.74, 6) is 0.834. The minimum Gasteiger partial charge on any atom is -0.491 e. The van der Waals surface area contributed by atoms with Crippen molar-refractivity contribution >= 4 is 11.4 Å². The summed E-state index contributed by atoms with van der Waals surface area (Å²) in [5.41, 5.74) is 7.99. The summed E-state index contributed by atoms with van der Waals surface area (Å²) in [6.07, 6.45) is 13.4. The second kappa shape index (κ2) is 13.9. The lowest BCUT2D eigenvalue weighted by Gasteiger charge is -2.22. The molecule has 0 bridgehead atoms. The fourth-order valence-electron chi connectivity index (χ4n) is 3.21. The Balaban J connectivity index is 2.16. The van der Waals surface area contributed by atoms with Gasteiger partial charge in [0, 0.05) is 24.8 Å². The summed E-state index contributed by atoms with van der Waals surface area (Å²) in [6.45, 7) is 9.38. The molecule has 144 valence electrons. The molecule has 0 saturated carbocycles. The van der Waals surface area contributed by atoms with Crippen molar-refractivity contribution in [3.05, 3.63) is 18.2 Å². The number of unbranched alkanes of at least 4 members (excludes halogenated alkanes) is 9. The molecular formula is C22H40N2O. The monoisotopic (exact) mass is 348 g/mol. The van der Waals surface area contributed by atoms with Gasteiger partial charge in [0.05, 0.1) is 12.3 Å². The summed E-state index contributed by atoms with van der Waals surface area (Å²) < 4.78 is 5.94. The molecule has 0 heterocycles. The van der Waals surface area contributed by atoms with E-state index in [9.17, 15) is 0 Å². The molecular weight excluding hydrogens is 308 g/mol. The van der Waals surface area contributed by atoms with Crippen molar-refractivity contribution in [3.63, 3.8) is 0 Å². The molecule has 1 aromatic rings. The van der Waals surface area contributed by atoms with Crippen LogP contribution in [0.5, 0.6) is 5.75 Å². The van der Waals surface area contributed by atoms with Gasteiger partial charge in [-0.3, -0.25) is 0 Å². The van der Waals surface area contributed by atoms with Crippen LogP contribution in [-0.4, -0.2) is 19.7 Å². The van der Waals surface area contributed by atoms with E-state index in [-0.39, 0.29) is 0 Å². The SMILES string of the molecule is CCCCCCCCCCCCOc1cc(N(CC)CC)ccc1N. The highest BCUT2D eigenvalue weighted by Gasteiger charge is 2.06. The Hall–Kier alpha value is -1.38. The van der Waals surface area contributed by atoms with E-state index in [1.54, 1.807) is 0 Å². The third-order valence-corrected chi connectivity index (χ3v) is 4.88.